The number of hydrogen-bond acceptors (Lipinski definition) is 5. The molecule has 0 fully saturated rings. The standard InChI is InChI=1S/C16H14BrN3O3S/c1-10-7-11(2)19-16(12(10)8-18)24(22,23)9-15(21)20-14-6-4-3-5-13(14)17/h3-7H,9H2,1-2H3,(H,20,21). The summed E-state index contributed by atoms with van der Waals surface area (Å²) in [6.07, 6.45) is 0. The number of pyridine rings is 1. The van der Waals surface area contributed by atoms with E-state index in [1.165, 1.54) is 0 Å². The molecule has 0 bridgehead atoms. The highest BCUT2D eigenvalue weighted by atomic mass is 79.9. The first kappa shape index (κ1) is 18.1. The Morgan fingerprint density at radius 2 is 2.00 bits per heavy atom. The molecule has 0 unspecified atom stereocenters. The predicted molar refractivity (Wildman–Crippen MR) is 93.3 cm³/mol. The zero-order valence-corrected chi connectivity index (χ0v) is 15.4. The number of benzene rings is 1. The average Bonchev–Trinajstić information content (AvgIpc) is 2.48. The van der Waals surface area contributed by atoms with E-state index in [1.54, 1.807) is 44.2 Å². The summed E-state index contributed by atoms with van der Waals surface area (Å²) in [6, 6.07) is 10.3. The first-order valence-electron chi connectivity index (χ1n) is 6.90. The zero-order valence-electron chi connectivity index (χ0n) is 13.0. The third-order valence-electron chi connectivity index (χ3n) is 3.19. The Labute approximate surface area is 148 Å². The predicted octanol–water partition coefficient (Wildman–Crippen LogP) is 2.75. The second-order valence-electron chi connectivity index (χ2n) is 5.16. The van der Waals surface area contributed by atoms with Crippen LogP contribution in [0.5, 0.6) is 0 Å². The van der Waals surface area contributed by atoms with Crippen LogP contribution in [0.15, 0.2) is 39.8 Å². The number of nitriles is 1. The monoisotopic (exact) mass is 407 g/mol. The van der Waals surface area contributed by atoms with Crippen LogP contribution in [0.25, 0.3) is 0 Å². The van der Waals surface area contributed by atoms with Gasteiger partial charge in [-0.2, -0.15) is 5.26 Å². The van der Waals surface area contributed by atoms with E-state index in [-0.39, 0.29) is 10.6 Å². The molecule has 1 aromatic heterocycles. The topological polar surface area (TPSA) is 99.9 Å². The van der Waals surface area contributed by atoms with Crippen molar-refractivity contribution < 1.29 is 13.2 Å². The third kappa shape index (κ3) is 3.99. The van der Waals surface area contributed by atoms with Crippen LogP contribution in [0.2, 0.25) is 0 Å². The van der Waals surface area contributed by atoms with E-state index in [4.69, 9.17) is 0 Å². The maximum Gasteiger partial charge on any atom is 0.240 e. The molecular weight excluding hydrogens is 394 g/mol. The highest BCUT2D eigenvalue weighted by Gasteiger charge is 2.26. The zero-order chi connectivity index (χ0) is 17.9. The molecule has 24 heavy (non-hydrogen) atoms. The van der Waals surface area contributed by atoms with Gasteiger partial charge in [-0.1, -0.05) is 12.1 Å². The average molecular weight is 408 g/mol. The molecule has 0 aliphatic carbocycles. The van der Waals surface area contributed by atoms with Gasteiger partial charge in [0.1, 0.15) is 11.8 Å². The lowest BCUT2D eigenvalue weighted by Crippen LogP contribution is -2.24. The van der Waals surface area contributed by atoms with E-state index in [0.717, 1.165) is 0 Å². The molecule has 1 heterocycles. The number of aromatic nitrogens is 1. The van der Waals surface area contributed by atoms with Crippen molar-refractivity contribution in [3.05, 3.63) is 51.6 Å². The van der Waals surface area contributed by atoms with Gasteiger partial charge >= 0.3 is 0 Å². The lowest BCUT2D eigenvalue weighted by molar-refractivity contribution is -0.113. The molecule has 1 amide bonds. The van der Waals surface area contributed by atoms with E-state index in [0.29, 0.717) is 21.4 Å². The number of para-hydroxylation sites is 1. The molecule has 0 aliphatic heterocycles. The lowest BCUT2D eigenvalue weighted by atomic mass is 10.1. The summed E-state index contributed by atoms with van der Waals surface area (Å²) in [5.74, 6) is -1.49. The minimum atomic E-state index is -4.04. The molecule has 2 rings (SSSR count). The van der Waals surface area contributed by atoms with Crippen molar-refractivity contribution in [2.24, 2.45) is 0 Å². The number of halogens is 1. The Balaban J connectivity index is 2.31. The minimum absolute atomic E-state index is 0.0331. The number of aryl methyl sites for hydroxylation is 2. The maximum absolute atomic E-state index is 12.5. The molecule has 8 heteroatoms. The van der Waals surface area contributed by atoms with Crippen LogP contribution in [0.3, 0.4) is 0 Å². The minimum Gasteiger partial charge on any atom is -0.324 e. The Kier molecular flexibility index (Phi) is 5.36. The Bertz CT molecular complexity index is 950. The highest BCUT2D eigenvalue weighted by Crippen LogP contribution is 2.22. The fraction of sp³-hybridized carbons (Fsp3) is 0.188. The van der Waals surface area contributed by atoms with Gasteiger partial charge < -0.3 is 5.32 Å². The molecule has 6 nitrogen and oxygen atoms in total. The SMILES string of the molecule is Cc1cc(C)c(C#N)c(S(=O)(=O)CC(=O)Nc2ccccc2Br)n1. The largest absolute Gasteiger partial charge is 0.324 e. The molecule has 0 saturated carbocycles. The van der Waals surface area contributed by atoms with Crippen molar-refractivity contribution in [3.8, 4) is 6.07 Å². The van der Waals surface area contributed by atoms with Crippen molar-refractivity contribution in [1.29, 1.82) is 5.26 Å². The Hall–Kier alpha value is -2.24. The van der Waals surface area contributed by atoms with Gasteiger partial charge in [0.15, 0.2) is 5.03 Å². The number of sulfone groups is 1. The summed E-state index contributed by atoms with van der Waals surface area (Å²) in [7, 11) is -4.04. The van der Waals surface area contributed by atoms with Gasteiger partial charge in [-0.3, -0.25) is 4.79 Å². The number of hydrogen-bond donors (Lipinski definition) is 1. The molecule has 2 aromatic rings. The number of anilines is 1. The van der Waals surface area contributed by atoms with Crippen molar-refractivity contribution >= 4 is 37.4 Å². The molecule has 0 atom stereocenters. The number of rotatable bonds is 4. The van der Waals surface area contributed by atoms with Crippen molar-refractivity contribution in [1.82, 2.24) is 4.98 Å². The van der Waals surface area contributed by atoms with E-state index < -0.39 is 21.5 Å². The fourth-order valence-electron chi connectivity index (χ4n) is 2.15. The quantitative estimate of drug-likeness (QED) is 0.839. The van der Waals surface area contributed by atoms with Gasteiger partial charge in [0.25, 0.3) is 0 Å². The van der Waals surface area contributed by atoms with E-state index in [1.807, 2.05) is 6.07 Å². The third-order valence-corrected chi connectivity index (χ3v) is 5.41. The number of carbonyl (C=O) groups excluding carboxylic acids is 1. The van der Waals surface area contributed by atoms with Gasteiger partial charge in [0.05, 0.1) is 11.3 Å². The van der Waals surface area contributed by atoms with E-state index >= 15 is 0 Å². The fourth-order valence-corrected chi connectivity index (χ4v) is 3.89. The molecule has 1 N–H and O–H groups in total. The van der Waals surface area contributed by atoms with Gasteiger partial charge in [-0.05, 0) is 53.5 Å². The number of amides is 1. The normalized spacial score (nSPS) is 10.9. The second kappa shape index (κ2) is 7.11. The van der Waals surface area contributed by atoms with E-state index in [9.17, 15) is 18.5 Å². The summed E-state index contributed by atoms with van der Waals surface area (Å²) < 4.78 is 25.7. The van der Waals surface area contributed by atoms with Crippen LogP contribution in [0.4, 0.5) is 5.69 Å². The summed E-state index contributed by atoms with van der Waals surface area (Å²) in [4.78, 5) is 16.1. The van der Waals surface area contributed by atoms with Crippen molar-refractivity contribution in [2.75, 3.05) is 11.1 Å². The van der Waals surface area contributed by atoms with Gasteiger partial charge in [0, 0.05) is 10.2 Å². The van der Waals surface area contributed by atoms with Crippen molar-refractivity contribution in [3.63, 3.8) is 0 Å². The van der Waals surface area contributed by atoms with Crippen LogP contribution in [0, 0.1) is 25.2 Å². The first-order valence-corrected chi connectivity index (χ1v) is 9.34. The van der Waals surface area contributed by atoms with Crippen LogP contribution in [-0.2, 0) is 14.6 Å². The maximum atomic E-state index is 12.5. The molecule has 0 saturated heterocycles. The second-order valence-corrected chi connectivity index (χ2v) is 7.92. The van der Waals surface area contributed by atoms with E-state index in [2.05, 4.69) is 26.2 Å². The number of carbonyl (C=O) groups is 1. The van der Waals surface area contributed by atoms with Crippen LogP contribution in [-0.4, -0.2) is 25.1 Å². The van der Waals surface area contributed by atoms with Gasteiger partial charge in [-0.15, -0.1) is 0 Å². The number of nitrogens with zero attached hydrogens (tertiary/aromatic N) is 2. The molecule has 0 radical (unpaired) electrons. The first-order chi connectivity index (χ1) is 11.2. The Morgan fingerprint density at radius 1 is 1.33 bits per heavy atom. The van der Waals surface area contributed by atoms with Gasteiger partial charge in [-0.25, -0.2) is 13.4 Å². The smallest absolute Gasteiger partial charge is 0.240 e. The molecule has 1 aromatic carbocycles. The van der Waals surface area contributed by atoms with Gasteiger partial charge in [0.2, 0.25) is 15.7 Å². The summed E-state index contributed by atoms with van der Waals surface area (Å²) >= 11 is 3.27. The summed E-state index contributed by atoms with van der Waals surface area (Å²) in [6.45, 7) is 3.27. The molecular formula is C16H14BrN3O3S. The highest BCUT2D eigenvalue weighted by molar-refractivity contribution is 9.10. The Morgan fingerprint density at radius 3 is 2.62 bits per heavy atom. The molecule has 0 aliphatic rings. The lowest BCUT2D eigenvalue weighted by Gasteiger charge is -2.10. The van der Waals surface area contributed by atoms with Crippen LogP contribution >= 0.6 is 15.9 Å². The molecule has 124 valence electrons. The number of nitrogens with one attached hydrogen (secondary N) is 1. The summed E-state index contributed by atoms with van der Waals surface area (Å²) in [5.41, 5.74) is 1.41. The van der Waals surface area contributed by atoms with Crippen molar-refractivity contribution in [2.45, 2.75) is 18.9 Å². The van der Waals surface area contributed by atoms with Crippen LogP contribution < -0.4 is 5.32 Å². The molecule has 0 spiro atoms. The summed E-state index contributed by atoms with van der Waals surface area (Å²) in [5, 5.41) is 11.4. The van der Waals surface area contributed by atoms with Crippen LogP contribution in [0.1, 0.15) is 16.8 Å².